The lowest BCUT2D eigenvalue weighted by atomic mass is 10.2. The van der Waals surface area contributed by atoms with Crippen molar-refractivity contribution in [2.24, 2.45) is 0 Å². The van der Waals surface area contributed by atoms with Crippen LogP contribution >= 0.6 is 15.9 Å². The molecule has 1 aromatic carbocycles. The number of nitrogens with one attached hydrogen (secondary N) is 1. The van der Waals surface area contributed by atoms with Crippen LogP contribution in [0, 0.1) is 0 Å². The summed E-state index contributed by atoms with van der Waals surface area (Å²) in [5.74, 6) is 0. The zero-order chi connectivity index (χ0) is 11.8. The van der Waals surface area contributed by atoms with Gasteiger partial charge in [-0.15, -0.1) is 0 Å². The maximum atomic E-state index is 3.50. The van der Waals surface area contributed by atoms with Crippen LogP contribution in [0.2, 0.25) is 0 Å². The van der Waals surface area contributed by atoms with Crippen molar-refractivity contribution in [2.75, 3.05) is 27.2 Å². The summed E-state index contributed by atoms with van der Waals surface area (Å²) in [6.45, 7) is 3.30. The van der Waals surface area contributed by atoms with Crippen molar-refractivity contribution < 1.29 is 0 Å². The second kappa shape index (κ2) is 7.82. The summed E-state index contributed by atoms with van der Waals surface area (Å²) in [6, 6.07) is 8.52. The van der Waals surface area contributed by atoms with Gasteiger partial charge in [0, 0.05) is 11.0 Å². The van der Waals surface area contributed by atoms with E-state index < -0.39 is 0 Å². The van der Waals surface area contributed by atoms with Gasteiger partial charge in [-0.05, 0) is 57.7 Å². The summed E-state index contributed by atoms with van der Waals surface area (Å²) in [7, 11) is 4.19. The molecule has 0 heterocycles. The smallest absolute Gasteiger partial charge is 0.0231 e. The van der Waals surface area contributed by atoms with E-state index in [0.29, 0.717) is 0 Å². The van der Waals surface area contributed by atoms with Crippen molar-refractivity contribution in [1.82, 2.24) is 10.2 Å². The van der Waals surface area contributed by atoms with Gasteiger partial charge in [0.1, 0.15) is 0 Å². The van der Waals surface area contributed by atoms with Crippen LogP contribution in [-0.2, 0) is 6.54 Å². The zero-order valence-electron chi connectivity index (χ0n) is 10.2. The molecule has 1 aromatic rings. The number of unbranched alkanes of at least 4 members (excludes halogenated alkanes) is 1. The lowest BCUT2D eigenvalue weighted by Crippen LogP contribution is -2.20. The monoisotopic (exact) mass is 284 g/mol. The Bertz CT molecular complexity index is 302. The van der Waals surface area contributed by atoms with Crippen molar-refractivity contribution in [1.29, 1.82) is 0 Å². The summed E-state index contributed by atoms with van der Waals surface area (Å²) in [6.07, 6.45) is 2.50. The molecule has 0 radical (unpaired) electrons. The maximum absolute atomic E-state index is 3.50. The molecule has 1 N–H and O–H groups in total. The molecule has 0 atom stereocenters. The van der Waals surface area contributed by atoms with E-state index in [-0.39, 0.29) is 0 Å². The van der Waals surface area contributed by atoms with Crippen LogP contribution in [0.25, 0.3) is 0 Å². The highest BCUT2D eigenvalue weighted by molar-refractivity contribution is 9.10. The Morgan fingerprint density at radius 2 is 2.12 bits per heavy atom. The third-order valence-corrected chi connectivity index (χ3v) is 3.05. The second-order valence-electron chi connectivity index (χ2n) is 4.18. The van der Waals surface area contributed by atoms with Gasteiger partial charge < -0.3 is 10.2 Å². The Labute approximate surface area is 107 Å². The Morgan fingerprint density at radius 1 is 1.31 bits per heavy atom. The van der Waals surface area contributed by atoms with E-state index in [9.17, 15) is 0 Å². The van der Waals surface area contributed by atoms with Gasteiger partial charge in [0.05, 0.1) is 0 Å². The molecule has 0 amide bonds. The number of nitrogens with zero attached hydrogens (tertiary/aromatic N) is 1. The fourth-order valence-electron chi connectivity index (χ4n) is 1.71. The third kappa shape index (κ3) is 5.64. The fourth-order valence-corrected chi connectivity index (χ4v) is 2.16. The Balaban J connectivity index is 2.25. The van der Waals surface area contributed by atoms with Crippen LogP contribution in [-0.4, -0.2) is 32.1 Å². The fraction of sp³-hybridized carbons (Fsp3) is 0.538. The molecular weight excluding hydrogens is 264 g/mol. The quantitative estimate of drug-likeness (QED) is 0.775. The van der Waals surface area contributed by atoms with E-state index in [2.05, 4.69) is 57.5 Å². The standard InChI is InChI=1S/C13H21BrN2/c1-15-8-3-4-9-16(2)11-12-6-5-7-13(14)10-12/h5-7,10,15H,3-4,8-9,11H2,1-2H3. The normalized spacial score (nSPS) is 11.0. The van der Waals surface area contributed by atoms with Crippen LogP contribution in [0.4, 0.5) is 0 Å². The number of halogens is 1. The largest absolute Gasteiger partial charge is 0.320 e. The first-order chi connectivity index (χ1) is 7.72. The summed E-state index contributed by atoms with van der Waals surface area (Å²) in [5.41, 5.74) is 1.37. The predicted octanol–water partition coefficient (Wildman–Crippen LogP) is 2.88. The molecule has 2 nitrogen and oxygen atoms in total. The molecule has 16 heavy (non-hydrogen) atoms. The summed E-state index contributed by atoms with van der Waals surface area (Å²) < 4.78 is 1.16. The molecule has 90 valence electrons. The molecule has 0 aliphatic heterocycles. The van der Waals surface area contributed by atoms with E-state index in [1.54, 1.807) is 0 Å². The molecular formula is C13H21BrN2. The van der Waals surface area contributed by atoms with Crippen LogP contribution in [0.5, 0.6) is 0 Å². The highest BCUT2D eigenvalue weighted by atomic mass is 79.9. The minimum Gasteiger partial charge on any atom is -0.320 e. The first kappa shape index (κ1) is 13.7. The minimum absolute atomic E-state index is 1.03. The highest BCUT2D eigenvalue weighted by Gasteiger charge is 2.00. The molecule has 3 heteroatoms. The summed E-state index contributed by atoms with van der Waals surface area (Å²) in [5, 5.41) is 3.17. The van der Waals surface area contributed by atoms with Gasteiger partial charge in [-0.3, -0.25) is 0 Å². The number of hydrogen-bond acceptors (Lipinski definition) is 2. The third-order valence-electron chi connectivity index (χ3n) is 2.56. The van der Waals surface area contributed by atoms with Crippen molar-refractivity contribution in [3.05, 3.63) is 34.3 Å². The first-order valence-electron chi connectivity index (χ1n) is 5.80. The molecule has 0 saturated heterocycles. The van der Waals surface area contributed by atoms with E-state index in [1.165, 1.54) is 18.4 Å². The lowest BCUT2D eigenvalue weighted by molar-refractivity contribution is 0.318. The predicted molar refractivity (Wildman–Crippen MR) is 73.6 cm³/mol. The van der Waals surface area contributed by atoms with Crippen molar-refractivity contribution >= 4 is 15.9 Å². The molecule has 0 saturated carbocycles. The highest BCUT2D eigenvalue weighted by Crippen LogP contribution is 2.13. The second-order valence-corrected chi connectivity index (χ2v) is 5.09. The van der Waals surface area contributed by atoms with Gasteiger partial charge in [-0.25, -0.2) is 0 Å². The van der Waals surface area contributed by atoms with Crippen LogP contribution < -0.4 is 5.32 Å². The lowest BCUT2D eigenvalue weighted by Gasteiger charge is -2.16. The van der Waals surface area contributed by atoms with E-state index in [0.717, 1.165) is 24.1 Å². The van der Waals surface area contributed by atoms with Gasteiger partial charge in [-0.2, -0.15) is 0 Å². The van der Waals surface area contributed by atoms with Crippen LogP contribution in [0.3, 0.4) is 0 Å². The molecule has 0 fully saturated rings. The van der Waals surface area contributed by atoms with Crippen LogP contribution in [0.1, 0.15) is 18.4 Å². The van der Waals surface area contributed by atoms with Crippen LogP contribution in [0.15, 0.2) is 28.7 Å². The molecule has 0 bridgehead atoms. The van der Waals surface area contributed by atoms with Gasteiger partial charge in [0.25, 0.3) is 0 Å². The van der Waals surface area contributed by atoms with Gasteiger partial charge in [0.2, 0.25) is 0 Å². The molecule has 0 aliphatic rings. The Hall–Kier alpha value is -0.380. The van der Waals surface area contributed by atoms with Gasteiger partial charge >= 0.3 is 0 Å². The average molecular weight is 285 g/mol. The van der Waals surface area contributed by atoms with Gasteiger partial charge in [-0.1, -0.05) is 28.1 Å². The van der Waals surface area contributed by atoms with E-state index >= 15 is 0 Å². The molecule has 1 rings (SSSR count). The zero-order valence-corrected chi connectivity index (χ0v) is 11.8. The van der Waals surface area contributed by atoms with E-state index in [4.69, 9.17) is 0 Å². The molecule has 0 spiro atoms. The average Bonchev–Trinajstić information content (AvgIpc) is 2.24. The molecule has 0 aliphatic carbocycles. The minimum atomic E-state index is 1.03. The summed E-state index contributed by atoms with van der Waals surface area (Å²) >= 11 is 3.50. The molecule has 0 aromatic heterocycles. The van der Waals surface area contributed by atoms with Gasteiger partial charge in [0.15, 0.2) is 0 Å². The maximum Gasteiger partial charge on any atom is 0.0231 e. The van der Waals surface area contributed by atoms with E-state index in [1.807, 2.05) is 7.05 Å². The van der Waals surface area contributed by atoms with Crippen molar-refractivity contribution in [2.45, 2.75) is 19.4 Å². The first-order valence-corrected chi connectivity index (χ1v) is 6.59. The van der Waals surface area contributed by atoms with Crippen molar-refractivity contribution in [3.63, 3.8) is 0 Å². The molecule has 0 unspecified atom stereocenters. The Morgan fingerprint density at radius 3 is 2.81 bits per heavy atom. The number of rotatable bonds is 7. The number of hydrogen-bond donors (Lipinski definition) is 1. The Kier molecular flexibility index (Phi) is 6.69. The topological polar surface area (TPSA) is 15.3 Å². The van der Waals surface area contributed by atoms with Crippen molar-refractivity contribution in [3.8, 4) is 0 Å². The summed E-state index contributed by atoms with van der Waals surface area (Å²) in [4.78, 5) is 2.37. The number of benzene rings is 1. The SMILES string of the molecule is CNCCCCN(C)Cc1cccc(Br)c1.